The summed E-state index contributed by atoms with van der Waals surface area (Å²) >= 11 is 0. The van der Waals surface area contributed by atoms with Crippen LogP contribution < -0.4 is 0 Å². The summed E-state index contributed by atoms with van der Waals surface area (Å²) in [6, 6.07) is 0. The van der Waals surface area contributed by atoms with Crippen LogP contribution in [0.25, 0.3) is 0 Å². The van der Waals surface area contributed by atoms with E-state index in [4.69, 9.17) is 4.74 Å². The molecule has 3 nitrogen and oxygen atoms in total. The van der Waals surface area contributed by atoms with Crippen LogP contribution in [0.4, 0.5) is 0 Å². The molecule has 0 aromatic carbocycles. The summed E-state index contributed by atoms with van der Waals surface area (Å²) in [4.78, 5) is 11.4. The topological polar surface area (TPSA) is 46.5 Å². The molecule has 0 radical (unpaired) electrons. The first-order chi connectivity index (χ1) is 6.19. The molecule has 76 valence electrons. The lowest BCUT2D eigenvalue weighted by Crippen LogP contribution is -2.21. The van der Waals surface area contributed by atoms with Crippen LogP contribution in [0.3, 0.4) is 0 Å². The van der Waals surface area contributed by atoms with Gasteiger partial charge in [-0.25, -0.2) is 0 Å². The van der Waals surface area contributed by atoms with Gasteiger partial charge >= 0.3 is 5.97 Å². The largest absolute Gasteiger partial charge is 0.466 e. The molecule has 1 aliphatic carbocycles. The van der Waals surface area contributed by atoms with Gasteiger partial charge in [0.15, 0.2) is 0 Å². The summed E-state index contributed by atoms with van der Waals surface area (Å²) in [7, 11) is 0. The van der Waals surface area contributed by atoms with E-state index in [2.05, 4.69) is 6.92 Å². The monoisotopic (exact) mass is 186 g/mol. The average molecular weight is 186 g/mol. The molecule has 1 aliphatic rings. The molecule has 0 spiro atoms. The van der Waals surface area contributed by atoms with Crippen molar-refractivity contribution in [2.45, 2.75) is 39.2 Å². The van der Waals surface area contributed by atoms with Gasteiger partial charge in [-0.15, -0.1) is 0 Å². The van der Waals surface area contributed by atoms with Crippen molar-refractivity contribution in [3.63, 3.8) is 0 Å². The number of hydrogen-bond donors (Lipinski definition) is 1. The van der Waals surface area contributed by atoms with Crippen molar-refractivity contribution in [2.75, 3.05) is 6.61 Å². The third-order valence-electron chi connectivity index (χ3n) is 2.78. The first-order valence-electron chi connectivity index (χ1n) is 5.03. The van der Waals surface area contributed by atoms with E-state index in [9.17, 15) is 9.90 Å². The third-order valence-corrected chi connectivity index (χ3v) is 2.78. The molecule has 1 fully saturated rings. The fourth-order valence-corrected chi connectivity index (χ4v) is 2.08. The van der Waals surface area contributed by atoms with Crippen molar-refractivity contribution in [1.82, 2.24) is 0 Å². The normalized spacial score (nSPS) is 33.3. The predicted molar refractivity (Wildman–Crippen MR) is 49.1 cm³/mol. The highest BCUT2D eigenvalue weighted by Crippen LogP contribution is 2.34. The van der Waals surface area contributed by atoms with Gasteiger partial charge in [0.25, 0.3) is 0 Å². The standard InChI is InChI=1S/C10H18O3/c1-3-7-5-8(11)6-9(7)10(12)13-4-2/h7-9,11H,3-6H2,1-2H3/t7-,8?,9-/m1/s1. The lowest BCUT2D eigenvalue weighted by atomic mass is 9.94. The van der Waals surface area contributed by atoms with Gasteiger partial charge in [0.2, 0.25) is 0 Å². The highest BCUT2D eigenvalue weighted by Gasteiger charge is 2.37. The zero-order chi connectivity index (χ0) is 9.84. The first-order valence-corrected chi connectivity index (χ1v) is 5.03. The fraction of sp³-hybridized carbons (Fsp3) is 0.900. The fourth-order valence-electron chi connectivity index (χ4n) is 2.08. The number of aliphatic hydroxyl groups excluding tert-OH is 1. The van der Waals surface area contributed by atoms with Crippen LogP contribution in [0.5, 0.6) is 0 Å². The second kappa shape index (κ2) is 4.61. The van der Waals surface area contributed by atoms with Crippen LogP contribution >= 0.6 is 0 Å². The number of carbonyl (C=O) groups excluding carboxylic acids is 1. The molecule has 0 bridgehead atoms. The molecule has 1 saturated carbocycles. The van der Waals surface area contributed by atoms with E-state index < -0.39 is 0 Å². The van der Waals surface area contributed by atoms with Crippen molar-refractivity contribution < 1.29 is 14.6 Å². The zero-order valence-corrected chi connectivity index (χ0v) is 8.32. The van der Waals surface area contributed by atoms with Crippen LogP contribution in [-0.4, -0.2) is 23.8 Å². The van der Waals surface area contributed by atoms with Gasteiger partial charge < -0.3 is 9.84 Å². The van der Waals surface area contributed by atoms with E-state index in [1.807, 2.05) is 6.92 Å². The smallest absolute Gasteiger partial charge is 0.309 e. The zero-order valence-electron chi connectivity index (χ0n) is 8.32. The highest BCUT2D eigenvalue weighted by atomic mass is 16.5. The lowest BCUT2D eigenvalue weighted by Gasteiger charge is -2.15. The van der Waals surface area contributed by atoms with Gasteiger partial charge in [0, 0.05) is 0 Å². The maximum Gasteiger partial charge on any atom is 0.309 e. The van der Waals surface area contributed by atoms with Crippen molar-refractivity contribution in [2.24, 2.45) is 11.8 Å². The molecule has 1 unspecified atom stereocenters. The molecule has 0 amide bonds. The van der Waals surface area contributed by atoms with Gasteiger partial charge in [0.1, 0.15) is 0 Å². The summed E-state index contributed by atoms with van der Waals surface area (Å²) < 4.78 is 4.96. The third kappa shape index (κ3) is 2.44. The maximum absolute atomic E-state index is 11.4. The van der Waals surface area contributed by atoms with Crippen molar-refractivity contribution >= 4 is 5.97 Å². The Morgan fingerprint density at radius 1 is 1.46 bits per heavy atom. The van der Waals surface area contributed by atoms with Crippen molar-refractivity contribution in [3.8, 4) is 0 Å². The van der Waals surface area contributed by atoms with E-state index in [0.29, 0.717) is 18.9 Å². The van der Waals surface area contributed by atoms with Gasteiger partial charge in [0.05, 0.1) is 18.6 Å². The molecule has 3 heteroatoms. The number of carbonyl (C=O) groups is 1. The van der Waals surface area contributed by atoms with Crippen LogP contribution in [0.15, 0.2) is 0 Å². The molecular weight excluding hydrogens is 168 g/mol. The number of ether oxygens (including phenoxy) is 1. The van der Waals surface area contributed by atoms with Crippen molar-refractivity contribution in [1.29, 1.82) is 0 Å². The number of esters is 1. The van der Waals surface area contributed by atoms with Crippen LogP contribution in [0, 0.1) is 11.8 Å². The Morgan fingerprint density at radius 3 is 2.69 bits per heavy atom. The maximum atomic E-state index is 11.4. The average Bonchev–Trinajstić information content (AvgIpc) is 2.47. The van der Waals surface area contributed by atoms with Crippen LogP contribution in [-0.2, 0) is 9.53 Å². The summed E-state index contributed by atoms with van der Waals surface area (Å²) in [5.74, 6) is 0.111. The molecule has 0 aliphatic heterocycles. The molecule has 3 atom stereocenters. The SMILES string of the molecule is CCOC(=O)[C@@H]1CC(O)C[C@H]1CC. The molecule has 0 saturated heterocycles. The van der Waals surface area contributed by atoms with Gasteiger partial charge in [-0.3, -0.25) is 4.79 Å². The minimum atomic E-state index is -0.306. The molecular formula is C10H18O3. The Labute approximate surface area is 79.1 Å². The molecule has 1 N–H and O–H groups in total. The van der Waals surface area contributed by atoms with E-state index in [0.717, 1.165) is 12.8 Å². The van der Waals surface area contributed by atoms with E-state index in [1.165, 1.54) is 0 Å². The minimum Gasteiger partial charge on any atom is -0.466 e. The van der Waals surface area contributed by atoms with Crippen LogP contribution in [0.2, 0.25) is 0 Å². The minimum absolute atomic E-state index is 0.0695. The Bertz CT molecular complexity index is 179. The summed E-state index contributed by atoms with van der Waals surface area (Å²) in [6.45, 7) is 4.29. The quantitative estimate of drug-likeness (QED) is 0.677. The number of hydrogen-bond acceptors (Lipinski definition) is 3. The summed E-state index contributed by atoms with van der Waals surface area (Å²) in [6.07, 6.45) is 1.97. The second-order valence-electron chi connectivity index (χ2n) is 3.65. The Hall–Kier alpha value is -0.570. The highest BCUT2D eigenvalue weighted by molar-refractivity contribution is 5.73. The first kappa shape index (κ1) is 10.5. The Morgan fingerprint density at radius 2 is 2.15 bits per heavy atom. The van der Waals surface area contributed by atoms with E-state index >= 15 is 0 Å². The summed E-state index contributed by atoms with van der Waals surface area (Å²) in [5.41, 5.74) is 0. The van der Waals surface area contributed by atoms with Gasteiger partial charge in [-0.1, -0.05) is 13.3 Å². The predicted octanol–water partition coefficient (Wildman–Crippen LogP) is 1.35. The second-order valence-corrected chi connectivity index (χ2v) is 3.65. The molecule has 1 rings (SSSR count). The van der Waals surface area contributed by atoms with E-state index in [-0.39, 0.29) is 18.0 Å². The van der Waals surface area contributed by atoms with Crippen molar-refractivity contribution in [3.05, 3.63) is 0 Å². The molecule has 13 heavy (non-hydrogen) atoms. The van der Waals surface area contributed by atoms with Gasteiger partial charge in [-0.2, -0.15) is 0 Å². The summed E-state index contributed by atoms with van der Waals surface area (Å²) in [5, 5.41) is 9.41. The Kier molecular flexibility index (Phi) is 3.72. The van der Waals surface area contributed by atoms with E-state index in [1.54, 1.807) is 0 Å². The number of aliphatic hydroxyl groups is 1. The lowest BCUT2D eigenvalue weighted by molar-refractivity contribution is -0.149. The van der Waals surface area contributed by atoms with Crippen LogP contribution in [0.1, 0.15) is 33.1 Å². The molecule has 0 aromatic heterocycles. The molecule has 0 aromatic rings. The van der Waals surface area contributed by atoms with Gasteiger partial charge in [-0.05, 0) is 25.7 Å². The molecule has 0 heterocycles. The Balaban J connectivity index is 2.52. The number of rotatable bonds is 3.